The summed E-state index contributed by atoms with van der Waals surface area (Å²) < 4.78 is 23.2. The maximum absolute atomic E-state index is 13.4. The minimum absolute atomic E-state index is 0.0993. The van der Waals surface area contributed by atoms with Crippen LogP contribution in [0.2, 0.25) is 10.0 Å². The minimum atomic E-state index is -1.06. The SMILES string of the molecule is COc1cc(C(=O)O)ccc1OCCCN1C(=O)C(=Cc2ccc(OCCN3CCOCC3)c(-c3cc(Cl)ccc3Cl)c2)SC1=S. The molecule has 46 heavy (non-hydrogen) atoms. The second kappa shape index (κ2) is 16.0. The van der Waals surface area contributed by atoms with Gasteiger partial charge in [0.2, 0.25) is 0 Å². The average Bonchev–Trinajstić information content (AvgIpc) is 3.32. The van der Waals surface area contributed by atoms with Gasteiger partial charge in [0.25, 0.3) is 5.91 Å². The molecular weight excluding hydrogens is 671 g/mol. The summed E-state index contributed by atoms with van der Waals surface area (Å²) in [6, 6.07) is 15.4. The summed E-state index contributed by atoms with van der Waals surface area (Å²) in [4.78, 5) is 28.9. The van der Waals surface area contributed by atoms with E-state index in [9.17, 15) is 14.7 Å². The van der Waals surface area contributed by atoms with Crippen LogP contribution in [0.3, 0.4) is 0 Å². The van der Waals surface area contributed by atoms with E-state index in [4.69, 9.17) is 54.4 Å². The van der Waals surface area contributed by atoms with Gasteiger partial charge in [-0.15, -0.1) is 0 Å². The van der Waals surface area contributed by atoms with Crippen LogP contribution in [0.4, 0.5) is 0 Å². The molecule has 2 fully saturated rings. The number of amides is 1. The zero-order chi connectivity index (χ0) is 32.6. The lowest BCUT2D eigenvalue weighted by Crippen LogP contribution is -2.38. The molecule has 2 aliphatic rings. The van der Waals surface area contributed by atoms with Crippen molar-refractivity contribution in [3.63, 3.8) is 0 Å². The zero-order valence-electron chi connectivity index (χ0n) is 25.0. The highest BCUT2D eigenvalue weighted by atomic mass is 35.5. The van der Waals surface area contributed by atoms with Gasteiger partial charge >= 0.3 is 5.97 Å². The standard InChI is InChI=1S/C33H32Cl2N2O7S2/c1-41-29-19-22(32(39)40)4-8-28(29)43-13-2-9-37-31(38)30(46-33(37)45)18-21-3-7-27(44-16-12-36-10-14-42-15-11-36)25(17-21)24-20-23(34)5-6-26(24)35/h3-8,17-20H,2,9-16H2,1H3,(H,39,40). The number of carbonyl (C=O) groups is 2. The number of morpholine rings is 1. The van der Waals surface area contributed by atoms with Gasteiger partial charge in [-0.1, -0.05) is 53.2 Å². The second-order valence-electron chi connectivity index (χ2n) is 10.4. The molecule has 2 saturated heterocycles. The molecule has 0 aliphatic carbocycles. The normalized spacial score (nSPS) is 16.2. The molecule has 9 nitrogen and oxygen atoms in total. The Kier molecular flexibility index (Phi) is 11.8. The number of rotatable bonds is 13. The van der Waals surface area contributed by atoms with Crippen molar-refractivity contribution in [1.29, 1.82) is 0 Å². The van der Waals surface area contributed by atoms with E-state index < -0.39 is 5.97 Å². The third-order valence-electron chi connectivity index (χ3n) is 7.36. The van der Waals surface area contributed by atoms with E-state index in [1.165, 1.54) is 31.0 Å². The first-order valence-corrected chi connectivity index (χ1v) is 16.5. The highest BCUT2D eigenvalue weighted by Crippen LogP contribution is 2.39. The summed E-state index contributed by atoms with van der Waals surface area (Å²) in [7, 11) is 1.44. The molecule has 2 aliphatic heterocycles. The van der Waals surface area contributed by atoms with E-state index in [1.54, 1.807) is 29.2 Å². The fourth-order valence-electron chi connectivity index (χ4n) is 4.96. The highest BCUT2D eigenvalue weighted by Gasteiger charge is 2.31. The molecule has 13 heteroatoms. The van der Waals surface area contributed by atoms with Crippen molar-refractivity contribution < 1.29 is 33.6 Å². The van der Waals surface area contributed by atoms with E-state index in [-0.39, 0.29) is 18.1 Å². The molecule has 1 N–H and O–H groups in total. The first-order valence-electron chi connectivity index (χ1n) is 14.6. The molecule has 2 heterocycles. The lowest BCUT2D eigenvalue weighted by Gasteiger charge is -2.26. The Morgan fingerprint density at radius 3 is 2.50 bits per heavy atom. The molecule has 0 saturated carbocycles. The Morgan fingerprint density at radius 2 is 1.74 bits per heavy atom. The van der Waals surface area contributed by atoms with Gasteiger partial charge in [0.15, 0.2) is 11.5 Å². The Balaban J connectivity index is 1.26. The van der Waals surface area contributed by atoms with Crippen LogP contribution in [0, 0.1) is 0 Å². The molecule has 5 rings (SSSR count). The van der Waals surface area contributed by atoms with Crippen LogP contribution in [0.25, 0.3) is 17.2 Å². The van der Waals surface area contributed by atoms with Crippen molar-refractivity contribution in [1.82, 2.24) is 9.80 Å². The Bertz CT molecular complexity index is 1650. The summed E-state index contributed by atoms with van der Waals surface area (Å²) in [6.45, 7) is 5.08. The maximum Gasteiger partial charge on any atom is 0.335 e. The van der Waals surface area contributed by atoms with E-state index in [0.717, 1.165) is 49.5 Å². The van der Waals surface area contributed by atoms with Gasteiger partial charge in [-0.3, -0.25) is 14.6 Å². The molecule has 242 valence electrons. The Morgan fingerprint density at radius 1 is 0.978 bits per heavy atom. The number of aromatic carboxylic acids is 1. The van der Waals surface area contributed by atoms with E-state index in [1.807, 2.05) is 24.3 Å². The van der Waals surface area contributed by atoms with Gasteiger partial charge in [-0.05, 0) is 66.6 Å². The number of thiocarbonyl (C=S) groups is 1. The topological polar surface area (TPSA) is 97.8 Å². The predicted molar refractivity (Wildman–Crippen MR) is 185 cm³/mol. The van der Waals surface area contributed by atoms with Crippen molar-refractivity contribution >= 4 is 69.5 Å². The van der Waals surface area contributed by atoms with Crippen LogP contribution in [0.1, 0.15) is 22.3 Å². The smallest absolute Gasteiger partial charge is 0.335 e. The first kappa shape index (κ1) is 34.0. The van der Waals surface area contributed by atoms with E-state index >= 15 is 0 Å². The number of nitrogens with zero attached hydrogens (tertiary/aromatic N) is 2. The molecule has 0 radical (unpaired) electrons. The van der Waals surface area contributed by atoms with Crippen molar-refractivity contribution in [2.24, 2.45) is 0 Å². The minimum Gasteiger partial charge on any atom is -0.493 e. The third kappa shape index (κ3) is 8.52. The predicted octanol–water partition coefficient (Wildman–Crippen LogP) is 6.75. The third-order valence-corrected chi connectivity index (χ3v) is 9.30. The van der Waals surface area contributed by atoms with Gasteiger partial charge in [0.05, 0.1) is 37.4 Å². The van der Waals surface area contributed by atoms with Crippen LogP contribution < -0.4 is 14.2 Å². The first-order chi connectivity index (χ1) is 22.2. The number of thioether (sulfide) groups is 1. The Hall–Kier alpha value is -3.32. The molecule has 1 amide bonds. The fraction of sp³-hybridized carbons (Fsp3) is 0.303. The van der Waals surface area contributed by atoms with Crippen LogP contribution in [-0.4, -0.2) is 90.8 Å². The highest BCUT2D eigenvalue weighted by molar-refractivity contribution is 8.26. The second-order valence-corrected chi connectivity index (χ2v) is 12.9. The number of ether oxygens (including phenoxy) is 4. The number of hydrogen-bond donors (Lipinski definition) is 1. The molecule has 3 aromatic carbocycles. The van der Waals surface area contributed by atoms with Crippen LogP contribution in [0.5, 0.6) is 17.2 Å². The quantitative estimate of drug-likeness (QED) is 0.117. The molecule has 3 aromatic rings. The fourth-order valence-corrected chi connectivity index (χ4v) is 6.66. The molecule has 0 bridgehead atoms. The van der Waals surface area contributed by atoms with Gasteiger partial charge in [-0.25, -0.2) is 4.79 Å². The van der Waals surface area contributed by atoms with Crippen LogP contribution >= 0.6 is 47.2 Å². The lowest BCUT2D eigenvalue weighted by molar-refractivity contribution is -0.122. The lowest BCUT2D eigenvalue weighted by atomic mass is 10.0. The molecule has 0 atom stereocenters. The van der Waals surface area contributed by atoms with Gasteiger partial charge < -0.3 is 24.1 Å². The largest absolute Gasteiger partial charge is 0.493 e. The summed E-state index contributed by atoms with van der Waals surface area (Å²) >= 11 is 19.7. The van der Waals surface area contributed by atoms with Crippen molar-refractivity contribution in [3.05, 3.63) is 80.7 Å². The van der Waals surface area contributed by atoms with Gasteiger partial charge in [0.1, 0.15) is 16.7 Å². The number of carboxylic acid groups (broad SMARTS) is 1. The van der Waals surface area contributed by atoms with Crippen molar-refractivity contribution in [2.75, 3.05) is 59.7 Å². The Labute approximate surface area is 286 Å². The number of carbonyl (C=O) groups excluding carboxylic acids is 1. The van der Waals surface area contributed by atoms with E-state index in [2.05, 4.69) is 4.90 Å². The number of halogens is 2. The molecule has 0 aromatic heterocycles. The number of benzene rings is 3. The molecule has 0 unspecified atom stereocenters. The maximum atomic E-state index is 13.4. The number of carboxylic acids is 1. The van der Waals surface area contributed by atoms with E-state index in [0.29, 0.717) is 56.1 Å². The molecule has 0 spiro atoms. The number of methoxy groups -OCH3 is 1. The summed E-state index contributed by atoms with van der Waals surface area (Å²) in [5, 5.41) is 10.3. The van der Waals surface area contributed by atoms with Crippen LogP contribution in [0.15, 0.2) is 59.5 Å². The van der Waals surface area contributed by atoms with Crippen molar-refractivity contribution in [2.45, 2.75) is 6.42 Å². The summed E-state index contributed by atoms with van der Waals surface area (Å²) in [5.74, 6) is 0.158. The van der Waals surface area contributed by atoms with Crippen LogP contribution in [-0.2, 0) is 9.53 Å². The number of hydrogen-bond acceptors (Lipinski definition) is 9. The zero-order valence-corrected chi connectivity index (χ0v) is 28.1. The van der Waals surface area contributed by atoms with Gasteiger partial charge in [0, 0.05) is 47.4 Å². The summed E-state index contributed by atoms with van der Waals surface area (Å²) in [5.41, 5.74) is 2.38. The molecular formula is C33H32Cl2N2O7S2. The summed E-state index contributed by atoms with van der Waals surface area (Å²) in [6.07, 6.45) is 2.31. The van der Waals surface area contributed by atoms with Gasteiger partial charge in [-0.2, -0.15) is 0 Å². The van der Waals surface area contributed by atoms with Crippen molar-refractivity contribution in [3.8, 4) is 28.4 Å². The monoisotopic (exact) mass is 702 g/mol. The average molecular weight is 704 g/mol.